The van der Waals surface area contributed by atoms with Crippen molar-refractivity contribution in [1.29, 1.82) is 0 Å². The number of nitrogen functional groups attached to an aromatic ring is 1. The van der Waals surface area contributed by atoms with Crippen LogP contribution in [0, 0.1) is 17.8 Å². The minimum atomic E-state index is -1.42. The number of nitrogens with two attached hydrogens (primary N) is 1. The number of rotatable bonds is 5. The Morgan fingerprint density at radius 3 is 2.64 bits per heavy atom. The lowest BCUT2D eigenvalue weighted by molar-refractivity contribution is -0.137. The number of aromatic nitrogens is 4. The number of likely N-dealkylation sites (N-methyl/N-ethyl adjacent to an activating group) is 1. The number of hydrogen-bond acceptors (Lipinski definition) is 10. The van der Waals surface area contributed by atoms with Crippen LogP contribution in [0.15, 0.2) is 6.33 Å². The van der Waals surface area contributed by atoms with Crippen LogP contribution in [0.1, 0.15) is 63.9 Å². The van der Waals surface area contributed by atoms with Gasteiger partial charge in [-0.15, -0.1) is 0 Å². The summed E-state index contributed by atoms with van der Waals surface area (Å²) in [4.78, 5) is 39.4. The van der Waals surface area contributed by atoms with E-state index in [-0.39, 0.29) is 29.5 Å². The maximum Gasteiger partial charge on any atom is 0.410 e. The highest BCUT2D eigenvalue weighted by atomic mass is 16.6. The third-order valence-corrected chi connectivity index (χ3v) is 7.60. The van der Waals surface area contributed by atoms with Gasteiger partial charge in [-0.05, 0) is 57.3 Å². The quantitative estimate of drug-likeness (QED) is 0.394. The second kappa shape index (κ2) is 11.7. The summed E-state index contributed by atoms with van der Waals surface area (Å²) in [6, 6.07) is 0. The SMILES string of the molecule is CCNC(=O)C1OC(n2cnc3c(N)nc(C#CCC4CCN(C(=O)OC5CCCC5)CC4)nc32)C(O)C1O. The molecule has 3 fully saturated rings. The van der Waals surface area contributed by atoms with Crippen LogP contribution in [0.4, 0.5) is 10.6 Å². The Labute approximate surface area is 226 Å². The number of ether oxygens (including phenoxy) is 2. The first kappa shape index (κ1) is 27.1. The summed E-state index contributed by atoms with van der Waals surface area (Å²) in [7, 11) is 0. The Bertz CT molecular complexity index is 1260. The maximum absolute atomic E-state index is 12.4. The van der Waals surface area contributed by atoms with Crippen molar-refractivity contribution in [1.82, 2.24) is 29.7 Å². The molecular formula is C26H35N7O6. The fraction of sp³-hybridized carbons (Fsp3) is 0.654. The number of amides is 2. The number of aliphatic hydroxyl groups excluding tert-OH is 2. The fourth-order valence-corrected chi connectivity index (χ4v) is 5.38. The summed E-state index contributed by atoms with van der Waals surface area (Å²) in [6.07, 6.45) is 2.57. The van der Waals surface area contributed by atoms with E-state index in [0.29, 0.717) is 37.5 Å². The highest BCUT2D eigenvalue weighted by Crippen LogP contribution is 2.32. The third kappa shape index (κ3) is 5.78. The zero-order valence-electron chi connectivity index (χ0n) is 22.0. The molecule has 5 rings (SSSR count). The Balaban J connectivity index is 1.22. The number of anilines is 1. The van der Waals surface area contributed by atoms with E-state index in [1.165, 1.54) is 10.9 Å². The Hall–Kier alpha value is -3.47. The van der Waals surface area contributed by atoms with Crippen LogP contribution in [0.3, 0.4) is 0 Å². The second-order valence-electron chi connectivity index (χ2n) is 10.3. The fourth-order valence-electron chi connectivity index (χ4n) is 5.38. The molecule has 4 unspecified atom stereocenters. The van der Waals surface area contributed by atoms with Gasteiger partial charge in [0.1, 0.15) is 23.8 Å². The number of nitrogens with one attached hydrogen (secondary N) is 1. The monoisotopic (exact) mass is 541 g/mol. The first-order valence-corrected chi connectivity index (χ1v) is 13.6. The molecule has 39 heavy (non-hydrogen) atoms. The molecular weight excluding hydrogens is 506 g/mol. The van der Waals surface area contributed by atoms with Crippen LogP contribution in [-0.4, -0.2) is 90.7 Å². The van der Waals surface area contributed by atoms with Crippen molar-refractivity contribution in [2.45, 2.75) is 82.5 Å². The predicted molar refractivity (Wildman–Crippen MR) is 139 cm³/mol. The minimum absolute atomic E-state index is 0.0673. The number of carbonyl (C=O) groups excluding carboxylic acids is 2. The molecule has 1 saturated carbocycles. The van der Waals surface area contributed by atoms with E-state index < -0.39 is 30.4 Å². The van der Waals surface area contributed by atoms with Crippen LogP contribution in [-0.2, 0) is 14.3 Å². The number of aliphatic hydroxyl groups is 2. The van der Waals surface area contributed by atoms with Crippen LogP contribution in [0.25, 0.3) is 11.2 Å². The number of likely N-dealkylation sites (tertiary alicyclic amines) is 1. The molecule has 2 amide bonds. The van der Waals surface area contributed by atoms with Gasteiger partial charge in [-0.1, -0.05) is 5.92 Å². The van der Waals surface area contributed by atoms with E-state index in [2.05, 4.69) is 32.1 Å². The van der Waals surface area contributed by atoms with E-state index >= 15 is 0 Å². The molecule has 13 heteroatoms. The van der Waals surface area contributed by atoms with Crippen molar-refractivity contribution in [3.8, 4) is 11.8 Å². The van der Waals surface area contributed by atoms with Gasteiger partial charge in [-0.25, -0.2) is 19.7 Å². The number of imidazole rings is 1. The average Bonchev–Trinajstić information content (AvgIpc) is 3.65. The normalized spacial score (nSPS) is 26.0. The summed E-state index contributed by atoms with van der Waals surface area (Å²) in [5, 5.41) is 23.5. The molecule has 2 aliphatic heterocycles. The minimum Gasteiger partial charge on any atom is -0.446 e. The molecule has 0 aromatic carbocycles. The predicted octanol–water partition coefficient (Wildman–Crippen LogP) is 0.697. The van der Waals surface area contributed by atoms with Crippen molar-refractivity contribution in [2.24, 2.45) is 5.92 Å². The molecule has 4 heterocycles. The van der Waals surface area contributed by atoms with Gasteiger partial charge in [0.15, 0.2) is 23.8 Å². The first-order chi connectivity index (χ1) is 18.9. The summed E-state index contributed by atoms with van der Waals surface area (Å²) in [5.41, 5.74) is 6.67. The summed E-state index contributed by atoms with van der Waals surface area (Å²) in [6.45, 7) is 3.41. The maximum atomic E-state index is 12.4. The van der Waals surface area contributed by atoms with Gasteiger partial charge >= 0.3 is 6.09 Å². The van der Waals surface area contributed by atoms with Crippen LogP contribution < -0.4 is 11.1 Å². The Morgan fingerprint density at radius 1 is 1.18 bits per heavy atom. The first-order valence-electron chi connectivity index (χ1n) is 13.6. The van der Waals surface area contributed by atoms with Crippen molar-refractivity contribution in [2.75, 3.05) is 25.4 Å². The van der Waals surface area contributed by atoms with Gasteiger partial charge in [0.25, 0.3) is 5.91 Å². The number of hydrogen-bond donors (Lipinski definition) is 4. The van der Waals surface area contributed by atoms with Gasteiger partial charge in [0.2, 0.25) is 5.82 Å². The average molecular weight is 542 g/mol. The van der Waals surface area contributed by atoms with Crippen LogP contribution in [0.5, 0.6) is 0 Å². The van der Waals surface area contributed by atoms with Gasteiger partial charge < -0.3 is 35.6 Å². The van der Waals surface area contributed by atoms with Crippen LogP contribution >= 0.6 is 0 Å². The smallest absolute Gasteiger partial charge is 0.410 e. The van der Waals surface area contributed by atoms with Gasteiger partial charge in [-0.2, -0.15) is 0 Å². The van der Waals surface area contributed by atoms with Crippen molar-refractivity contribution < 1.29 is 29.3 Å². The number of nitrogens with zero attached hydrogens (tertiary/aromatic N) is 5. The van der Waals surface area contributed by atoms with Crippen molar-refractivity contribution >= 4 is 29.0 Å². The van der Waals surface area contributed by atoms with Crippen molar-refractivity contribution in [3.63, 3.8) is 0 Å². The molecule has 2 saturated heterocycles. The summed E-state index contributed by atoms with van der Waals surface area (Å²) < 4.78 is 12.7. The van der Waals surface area contributed by atoms with E-state index in [4.69, 9.17) is 15.2 Å². The molecule has 2 aromatic heterocycles. The largest absolute Gasteiger partial charge is 0.446 e. The standard InChI is InChI=1S/C26H35N7O6/c1-2-28-24(36)21-19(34)20(35)25(39-21)33-14-29-18-22(27)30-17(31-23(18)33)9-5-6-15-10-12-32(13-11-15)26(37)38-16-7-3-4-8-16/h14-16,19-21,25,34-35H,2-4,6-8,10-13H2,1H3,(H,28,36)(H2,27,30,31). The van der Waals surface area contributed by atoms with E-state index in [9.17, 15) is 19.8 Å². The number of piperidine rings is 1. The molecule has 1 aliphatic carbocycles. The molecule has 0 spiro atoms. The van der Waals surface area contributed by atoms with E-state index in [1.807, 2.05) is 0 Å². The van der Waals surface area contributed by atoms with Gasteiger partial charge in [0, 0.05) is 26.1 Å². The molecule has 0 radical (unpaired) electrons. The highest BCUT2D eigenvalue weighted by Gasteiger charge is 2.47. The molecule has 13 nitrogen and oxygen atoms in total. The molecule has 210 valence electrons. The molecule has 2 aromatic rings. The van der Waals surface area contributed by atoms with E-state index in [0.717, 1.165) is 38.5 Å². The molecule has 5 N–H and O–H groups in total. The van der Waals surface area contributed by atoms with Crippen molar-refractivity contribution in [3.05, 3.63) is 12.2 Å². The summed E-state index contributed by atoms with van der Waals surface area (Å²) >= 11 is 0. The second-order valence-corrected chi connectivity index (χ2v) is 10.3. The summed E-state index contributed by atoms with van der Waals surface area (Å²) in [5.74, 6) is 6.22. The number of fused-ring (bicyclic) bond motifs is 1. The van der Waals surface area contributed by atoms with Gasteiger partial charge in [-0.3, -0.25) is 9.36 Å². The van der Waals surface area contributed by atoms with Crippen LogP contribution in [0.2, 0.25) is 0 Å². The molecule has 3 aliphatic rings. The third-order valence-electron chi connectivity index (χ3n) is 7.60. The Morgan fingerprint density at radius 2 is 1.92 bits per heavy atom. The lowest BCUT2D eigenvalue weighted by Crippen LogP contribution is -2.42. The molecule has 0 bridgehead atoms. The zero-order chi connectivity index (χ0) is 27.5. The molecule has 4 atom stereocenters. The number of carbonyl (C=O) groups is 2. The lowest BCUT2D eigenvalue weighted by Gasteiger charge is -2.31. The zero-order valence-corrected chi connectivity index (χ0v) is 22.0. The highest BCUT2D eigenvalue weighted by molar-refractivity contribution is 5.83. The van der Waals surface area contributed by atoms with Gasteiger partial charge in [0.05, 0.1) is 6.33 Å². The topological polar surface area (TPSA) is 178 Å². The lowest BCUT2D eigenvalue weighted by atomic mass is 9.94. The van der Waals surface area contributed by atoms with E-state index in [1.54, 1.807) is 11.8 Å². The Kier molecular flexibility index (Phi) is 8.15.